The standard InChI is InChI=1S/C16H16ClNO3/c1-10(2)12-8-7-11(3)15(9-12)21-14-6-4-5-13(17)16(14)18(19)20/h4-10H,1-3H3. The van der Waals surface area contributed by atoms with Gasteiger partial charge in [-0.25, -0.2) is 0 Å². The molecule has 0 spiro atoms. The Balaban J connectivity index is 2.46. The van der Waals surface area contributed by atoms with Crippen LogP contribution in [0.3, 0.4) is 0 Å². The van der Waals surface area contributed by atoms with E-state index in [0.717, 1.165) is 11.1 Å². The van der Waals surface area contributed by atoms with Gasteiger partial charge < -0.3 is 4.74 Å². The topological polar surface area (TPSA) is 52.4 Å². The number of benzene rings is 2. The second-order valence-corrected chi connectivity index (χ2v) is 5.53. The molecular formula is C16H16ClNO3. The number of halogens is 1. The van der Waals surface area contributed by atoms with Gasteiger partial charge in [0, 0.05) is 0 Å². The molecule has 0 aliphatic carbocycles. The van der Waals surface area contributed by atoms with Gasteiger partial charge in [0.2, 0.25) is 5.75 Å². The van der Waals surface area contributed by atoms with Gasteiger partial charge in [0.15, 0.2) is 0 Å². The lowest BCUT2D eigenvalue weighted by molar-refractivity contribution is -0.385. The maximum Gasteiger partial charge on any atom is 0.329 e. The number of hydrogen-bond donors (Lipinski definition) is 0. The van der Waals surface area contributed by atoms with Crippen LogP contribution in [0.1, 0.15) is 30.9 Å². The van der Waals surface area contributed by atoms with Crippen LogP contribution >= 0.6 is 11.6 Å². The van der Waals surface area contributed by atoms with E-state index in [4.69, 9.17) is 16.3 Å². The number of hydrogen-bond acceptors (Lipinski definition) is 3. The first kappa shape index (κ1) is 15.3. The first-order valence-corrected chi connectivity index (χ1v) is 6.99. The predicted molar refractivity (Wildman–Crippen MR) is 83.4 cm³/mol. The molecule has 0 aromatic heterocycles. The summed E-state index contributed by atoms with van der Waals surface area (Å²) in [6, 6.07) is 10.5. The van der Waals surface area contributed by atoms with Gasteiger partial charge in [-0.3, -0.25) is 10.1 Å². The Labute approximate surface area is 128 Å². The minimum absolute atomic E-state index is 0.0650. The molecule has 0 radical (unpaired) electrons. The van der Waals surface area contributed by atoms with Crippen molar-refractivity contribution in [2.45, 2.75) is 26.7 Å². The molecule has 0 atom stereocenters. The molecule has 2 aromatic rings. The fraction of sp³-hybridized carbons (Fsp3) is 0.250. The fourth-order valence-electron chi connectivity index (χ4n) is 1.96. The molecule has 0 aliphatic heterocycles. The van der Waals surface area contributed by atoms with E-state index in [9.17, 15) is 10.1 Å². The lowest BCUT2D eigenvalue weighted by Crippen LogP contribution is -1.96. The number of rotatable bonds is 4. The van der Waals surface area contributed by atoms with Crippen LogP contribution in [0.5, 0.6) is 11.5 Å². The summed E-state index contributed by atoms with van der Waals surface area (Å²) in [7, 11) is 0. The molecule has 0 saturated heterocycles. The van der Waals surface area contributed by atoms with Crippen LogP contribution in [0.15, 0.2) is 36.4 Å². The first-order chi connectivity index (χ1) is 9.90. The molecule has 0 amide bonds. The van der Waals surface area contributed by atoms with Crippen molar-refractivity contribution >= 4 is 17.3 Å². The average Bonchev–Trinajstić information content (AvgIpc) is 2.40. The highest BCUT2D eigenvalue weighted by Gasteiger charge is 2.21. The summed E-state index contributed by atoms with van der Waals surface area (Å²) in [6.07, 6.45) is 0. The Bertz CT molecular complexity index is 683. The lowest BCUT2D eigenvalue weighted by Gasteiger charge is -2.13. The Kier molecular flexibility index (Phi) is 4.48. The molecule has 110 valence electrons. The SMILES string of the molecule is Cc1ccc(C(C)C)cc1Oc1cccc(Cl)c1[N+](=O)[O-]. The summed E-state index contributed by atoms with van der Waals surface area (Å²) in [4.78, 5) is 10.6. The molecule has 0 bridgehead atoms. The van der Waals surface area contributed by atoms with Gasteiger partial charge in [0.1, 0.15) is 10.8 Å². The van der Waals surface area contributed by atoms with Crippen LogP contribution in [0.25, 0.3) is 0 Å². The Morgan fingerprint density at radius 1 is 1.19 bits per heavy atom. The van der Waals surface area contributed by atoms with Gasteiger partial charge in [-0.15, -0.1) is 0 Å². The molecule has 0 unspecified atom stereocenters. The summed E-state index contributed by atoms with van der Waals surface area (Å²) >= 11 is 5.89. The van der Waals surface area contributed by atoms with E-state index in [2.05, 4.69) is 13.8 Å². The maximum absolute atomic E-state index is 11.1. The highest BCUT2D eigenvalue weighted by atomic mass is 35.5. The van der Waals surface area contributed by atoms with E-state index < -0.39 is 4.92 Å². The van der Waals surface area contributed by atoms with Crippen molar-refractivity contribution in [1.82, 2.24) is 0 Å². The van der Waals surface area contributed by atoms with E-state index in [1.54, 1.807) is 12.1 Å². The smallest absolute Gasteiger partial charge is 0.329 e. The third-order valence-electron chi connectivity index (χ3n) is 3.23. The zero-order chi connectivity index (χ0) is 15.6. The number of nitrogens with zero attached hydrogens (tertiary/aromatic N) is 1. The zero-order valence-electron chi connectivity index (χ0n) is 12.1. The Morgan fingerprint density at radius 3 is 2.52 bits per heavy atom. The normalized spacial score (nSPS) is 10.7. The van der Waals surface area contributed by atoms with Gasteiger partial charge in [-0.1, -0.05) is 43.6 Å². The Morgan fingerprint density at radius 2 is 1.90 bits per heavy atom. The fourth-order valence-corrected chi connectivity index (χ4v) is 2.19. The second-order valence-electron chi connectivity index (χ2n) is 5.13. The monoisotopic (exact) mass is 305 g/mol. The summed E-state index contributed by atoms with van der Waals surface area (Å²) in [5.74, 6) is 1.10. The molecule has 5 heteroatoms. The molecule has 2 aromatic carbocycles. The highest BCUT2D eigenvalue weighted by Crippen LogP contribution is 2.38. The van der Waals surface area contributed by atoms with E-state index in [0.29, 0.717) is 11.7 Å². The minimum Gasteiger partial charge on any atom is -0.450 e. The van der Waals surface area contributed by atoms with Crippen molar-refractivity contribution in [3.05, 3.63) is 62.7 Å². The van der Waals surface area contributed by atoms with E-state index in [-0.39, 0.29) is 16.5 Å². The summed E-state index contributed by atoms with van der Waals surface area (Å²) < 4.78 is 5.75. The van der Waals surface area contributed by atoms with Gasteiger partial charge in [-0.2, -0.15) is 0 Å². The molecule has 0 heterocycles. The Hall–Kier alpha value is -2.07. The second kappa shape index (κ2) is 6.14. The summed E-state index contributed by atoms with van der Waals surface area (Å²) in [6.45, 7) is 6.06. The van der Waals surface area contributed by atoms with Crippen LogP contribution in [-0.4, -0.2) is 4.92 Å². The third-order valence-corrected chi connectivity index (χ3v) is 3.54. The molecule has 0 saturated carbocycles. The molecule has 2 rings (SSSR count). The molecule has 4 nitrogen and oxygen atoms in total. The molecule has 0 N–H and O–H groups in total. The van der Waals surface area contributed by atoms with Gasteiger partial charge in [0.05, 0.1) is 4.92 Å². The maximum atomic E-state index is 11.1. The van der Waals surface area contributed by atoms with Crippen molar-refractivity contribution in [1.29, 1.82) is 0 Å². The molecule has 0 aliphatic rings. The van der Waals surface area contributed by atoms with E-state index in [1.165, 1.54) is 6.07 Å². The van der Waals surface area contributed by atoms with Gasteiger partial charge in [-0.05, 0) is 42.2 Å². The van der Waals surface area contributed by atoms with Crippen LogP contribution in [0.4, 0.5) is 5.69 Å². The van der Waals surface area contributed by atoms with Crippen molar-refractivity contribution in [2.75, 3.05) is 0 Å². The van der Waals surface area contributed by atoms with Crippen molar-refractivity contribution in [3.8, 4) is 11.5 Å². The quantitative estimate of drug-likeness (QED) is 0.555. The van der Waals surface area contributed by atoms with Crippen molar-refractivity contribution in [3.63, 3.8) is 0 Å². The molecule has 0 fully saturated rings. The lowest BCUT2D eigenvalue weighted by atomic mass is 10.0. The zero-order valence-corrected chi connectivity index (χ0v) is 12.8. The summed E-state index contributed by atoms with van der Waals surface area (Å²) in [5, 5.41) is 11.2. The largest absolute Gasteiger partial charge is 0.450 e. The average molecular weight is 306 g/mol. The van der Waals surface area contributed by atoms with E-state index >= 15 is 0 Å². The minimum atomic E-state index is -0.528. The first-order valence-electron chi connectivity index (χ1n) is 6.61. The number of aryl methyl sites for hydroxylation is 1. The third kappa shape index (κ3) is 3.34. The van der Waals surface area contributed by atoms with Crippen LogP contribution in [0.2, 0.25) is 5.02 Å². The van der Waals surface area contributed by atoms with Crippen molar-refractivity contribution in [2.24, 2.45) is 0 Å². The molecule has 21 heavy (non-hydrogen) atoms. The van der Waals surface area contributed by atoms with E-state index in [1.807, 2.05) is 25.1 Å². The van der Waals surface area contributed by atoms with Gasteiger partial charge >= 0.3 is 5.69 Å². The number of nitro groups is 1. The summed E-state index contributed by atoms with van der Waals surface area (Å²) in [5.41, 5.74) is 1.81. The van der Waals surface area contributed by atoms with Gasteiger partial charge in [0.25, 0.3) is 0 Å². The highest BCUT2D eigenvalue weighted by molar-refractivity contribution is 6.32. The van der Waals surface area contributed by atoms with Crippen molar-refractivity contribution < 1.29 is 9.66 Å². The van der Waals surface area contributed by atoms with Crippen LogP contribution < -0.4 is 4.74 Å². The number of para-hydroxylation sites is 1. The van der Waals surface area contributed by atoms with Crippen LogP contribution in [-0.2, 0) is 0 Å². The van der Waals surface area contributed by atoms with Crippen LogP contribution in [0, 0.1) is 17.0 Å². The predicted octanol–water partition coefficient (Wildman–Crippen LogP) is 5.47. The number of nitro benzene ring substituents is 1. The molecular weight excluding hydrogens is 290 g/mol. The number of ether oxygens (including phenoxy) is 1.